The number of rotatable bonds is 6. The minimum absolute atomic E-state index is 0.143. The summed E-state index contributed by atoms with van der Waals surface area (Å²) in [6.45, 7) is 0. The van der Waals surface area contributed by atoms with Crippen molar-refractivity contribution in [2.75, 3.05) is 14.2 Å². The second-order valence-corrected chi connectivity index (χ2v) is 5.91. The van der Waals surface area contributed by atoms with Crippen LogP contribution in [0.5, 0.6) is 11.5 Å². The quantitative estimate of drug-likeness (QED) is 0.652. The molecule has 0 unspecified atom stereocenters. The van der Waals surface area contributed by atoms with Crippen molar-refractivity contribution in [3.05, 3.63) is 54.1 Å². The molecule has 0 spiro atoms. The predicted molar refractivity (Wildman–Crippen MR) is 83.9 cm³/mol. The third-order valence-corrected chi connectivity index (χ3v) is 4.10. The Labute approximate surface area is 129 Å². The number of hydrogen-bond donors (Lipinski definition) is 1. The van der Waals surface area contributed by atoms with Gasteiger partial charge in [-0.25, -0.2) is 4.83 Å². The van der Waals surface area contributed by atoms with Crippen LogP contribution in [0.25, 0.3) is 0 Å². The van der Waals surface area contributed by atoms with Gasteiger partial charge in [-0.15, -0.1) is 0 Å². The fourth-order valence-corrected chi connectivity index (χ4v) is 2.64. The van der Waals surface area contributed by atoms with Crippen molar-refractivity contribution < 1.29 is 17.9 Å². The molecule has 0 aliphatic rings. The lowest BCUT2D eigenvalue weighted by Crippen LogP contribution is -2.18. The van der Waals surface area contributed by atoms with Crippen LogP contribution in [-0.2, 0) is 10.0 Å². The molecular weight excluding hydrogens is 304 g/mol. The van der Waals surface area contributed by atoms with Crippen molar-refractivity contribution in [1.82, 2.24) is 4.83 Å². The molecule has 0 aromatic heterocycles. The van der Waals surface area contributed by atoms with E-state index in [-0.39, 0.29) is 4.90 Å². The van der Waals surface area contributed by atoms with Gasteiger partial charge in [0.25, 0.3) is 10.0 Å². The van der Waals surface area contributed by atoms with Gasteiger partial charge in [0.15, 0.2) is 11.5 Å². The minimum atomic E-state index is -3.69. The third kappa shape index (κ3) is 3.56. The monoisotopic (exact) mass is 320 g/mol. The highest BCUT2D eigenvalue weighted by molar-refractivity contribution is 7.89. The second kappa shape index (κ2) is 6.95. The van der Waals surface area contributed by atoms with E-state index in [4.69, 9.17) is 9.47 Å². The summed E-state index contributed by atoms with van der Waals surface area (Å²) in [5, 5.41) is 3.78. The molecule has 0 saturated heterocycles. The summed E-state index contributed by atoms with van der Waals surface area (Å²) in [5.74, 6) is 1.02. The molecule has 0 saturated carbocycles. The highest BCUT2D eigenvalue weighted by Gasteiger charge is 2.12. The van der Waals surface area contributed by atoms with Gasteiger partial charge in [-0.2, -0.15) is 13.5 Å². The molecule has 7 heteroatoms. The average Bonchev–Trinajstić information content (AvgIpc) is 2.55. The fourth-order valence-electron chi connectivity index (χ4n) is 1.83. The standard InChI is InChI=1S/C15H16N2O4S/c1-20-14-10-6-7-12(15(14)21-2)11-16-17-22(18,19)13-8-4-3-5-9-13/h3-11,17H,1-2H3/b16-11+. The van der Waals surface area contributed by atoms with E-state index in [0.29, 0.717) is 17.1 Å². The zero-order valence-electron chi connectivity index (χ0n) is 12.2. The zero-order chi connectivity index (χ0) is 16.0. The van der Waals surface area contributed by atoms with Crippen molar-refractivity contribution in [2.24, 2.45) is 5.10 Å². The van der Waals surface area contributed by atoms with Crippen molar-refractivity contribution in [1.29, 1.82) is 0 Å². The lowest BCUT2D eigenvalue weighted by Gasteiger charge is -2.09. The number of para-hydroxylation sites is 1. The molecule has 116 valence electrons. The van der Waals surface area contributed by atoms with Gasteiger partial charge in [0.2, 0.25) is 0 Å². The Bertz CT molecular complexity index is 758. The summed E-state index contributed by atoms with van der Waals surface area (Å²) >= 11 is 0. The van der Waals surface area contributed by atoms with Gasteiger partial charge in [0, 0.05) is 5.56 Å². The molecule has 2 aromatic carbocycles. The summed E-state index contributed by atoms with van der Waals surface area (Å²) < 4.78 is 34.4. The number of hydrazone groups is 1. The Morgan fingerprint density at radius 1 is 1.00 bits per heavy atom. The lowest BCUT2D eigenvalue weighted by atomic mass is 10.2. The molecule has 0 amide bonds. The summed E-state index contributed by atoms with van der Waals surface area (Å²) in [4.78, 5) is 2.30. The Balaban J connectivity index is 2.20. The maximum Gasteiger partial charge on any atom is 0.276 e. The third-order valence-electron chi connectivity index (χ3n) is 2.86. The van der Waals surface area contributed by atoms with E-state index in [1.54, 1.807) is 36.4 Å². The van der Waals surface area contributed by atoms with Gasteiger partial charge in [0.05, 0.1) is 25.3 Å². The van der Waals surface area contributed by atoms with Crippen molar-refractivity contribution in [3.8, 4) is 11.5 Å². The second-order valence-electron chi connectivity index (χ2n) is 4.25. The normalized spacial score (nSPS) is 11.4. The molecule has 0 fully saturated rings. The van der Waals surface area contributed by atoms with Gasteiger partial charge in [-0.3, -0.25) is 0 Å². The SMILES string of the molecule is COc1cccc(/C=N/NS(=O)(=O)c2ccccc2)c1OC. The predicted octanol–water partition coefficient (Wildman–Crippen LogP) is 2.02. The Morgan fingerprint density at radius 3 is 2.36 bits per heavy atom. The maximum absolute atomic E-state index is 12.0. The molecule has 0 bridgehead atoms. The van der Waals surface area contributed by atoms with Gasteiger partial charge in [0.1, 0.15) is 0 Å². The van der Waals surface area contributed by atoms with Gasteiger partial charge in [-0.1, -0.05) is 24.3 Å². The molecule has 2 aromatic rings. The molecule has 22 heavy (non-hydrogen) atoms. The number of benzene rings is 2. The minimum Gasteiger partial charge on any atom is -0.493 e. The number of methoxy groups -OCH3 is 2. The first-order valence-electron chi connectivity index (χ1n) is 6.39. The smallest absolute Gasteiger partial charge is 0.276 e. The highest BCUT2D eigenvalue weighted by Crippen LogP contribution is 2.29. The molecule has 2 rings (SSSR count). The van der Waals surface area contributed by atoms with Crippen molar-refractivity contribution >= 4 is 16.2 Å². The first-order valence-corrected chi connectivity index (χ1v) is 7.87. The lowest BCUT2D eigenvalue weighted by molar-refractivity contribution is 0.354. The average molecular weight is 320 g/mol. The first-order chi connectivity index (χ1) is 10.6. The van der Waals surface area contributed by atoms with E-state index in [9.17, 15) is 8.42 Å². The van der Waals surface area contributed by atoms with Crippen LogP contribution < -0.4 is 14.3 Å². The first kappa shape index (κ1) is 15.8. The van der Waals surface area contributed by atoms with E-state index >= 15 is 0 Å². The number of sulfonamides is 1. The largest absolute Gasteiger partial charge is 0.493 e. The van der Waals surface area contributed by atoms with Crippen LogP contribution >= 0.6 is 0 Å². The van der Waals surface area contributed by atoms with Crippen LogP contribution in [0.2, 0.25) is 0 Å². The Morgan fingerprint density at radius 2 is 1.73 bits per heavy atom. The topological polar surface area (TPSA) is 77.0 Å². The van der Waals surface area contributed by atoms with E-state index in [1.807, 2.05) is 0 Å². The van der Waals surface area contributed by atoms with E-state index < -0.39 is 10.0 Å². The number of hydrogen-bond acceptors (Lipinski definition) is 5. The van der Waals surface area contributed by atoms with Crippen LogP contribution in [0.15, 0.2) is 58.5 Å². The maximum atomic E-state index is 12.0. The van der Waals surface area contributed by atoms with Crippen LogP contribution in [0.1, 0.15) is 5.56 Å². The van der Waals surface area contributed by atoms with Gasteiger partial charge < -0.3 is 9.47 Å². The molecule has 0 radical (unpaired) electrons. The van der Waals surface area contributed by atoms with Gasteiger partial charge in [-0.05, 0) is 24.3 Å². The Kier molecular flexibility index (Phi) is 5.00. The summed E-state index contributed by atoms with van der Waals surface area (Å²) in [5.41, 5.74) is 0.595. The zero-order valence-corrected chi connectivity index (χ0v) is 13.0. The highest BCUT2D eigenvalue weighted by atomic mass is 32.2. The molecule has 0 heterocycles. The van der Waals surface area contributed by atoms with Crippen molar-refractivity contribution in [2.45, 2.75) is 4.90 Å². The van der Waals surface area contributed by atoms with Crippen LogP contribution in [-0.4, -0.2) is 28.9 Å². The summed E-state index contributed by atoms with van der Waals surface area (Å²) in [6.07, 6.45) is 1.36. The van der Waals surface area contributed by atoms with Crippen molar-refractivity contribution in [3.63, 3.8) is 0 Å². The van der Waals surface area contributed by atoms with Gasteiger partial charge >= 0.3 is 0 Å². The van der Waals surface area contributed by atoms with E-state index in [0.717, 1.165) is 0 Å². The number of nitrogens with zero attached hydrogens (tertiary/aromatic N) is 1. The van der Waals surface area contributed by atoms with Crippen LogP contribution in [0.4, 0.5) is 0 Å². The molecule has 6 nitrogen and oxygen atoms in total. The Hall–Kier alpha value is -2.54. The molecular formula is C15H16N2O4S. The fraction of sp³-hybridized carbons (Fsp3) is 0.133. The summed E-state index contributed by atoms with van der Waals surface area (Å²) in [7, 11) is -0.658. The molecule has 0 aliphatic heterocycles. The molecule has 1 N–H and O–H groups in total. The van der Waals surface area contributed by atoms with E-state index in [1.165, 1.54) is 32.6 Å². The molecule has 0 aliphatic carbocycles. The number of nitrogens with one attached hydrogen (secondary N) is 1. The van der Waals surface area contributed by atoms with E-state index in [2.05, 4.69) is 9.93 Å². The molecule has 0 atom stereocenters. The van der Waals surface area contributed by atoms with Crippen LogP contribution in [0, 0.1) is 0 Å². The number of ether oxygens (including phenoxy) is 2. The summed E-state index contributed by atoms with van der Waals surface area (Å²) in [6, 6.07) is 13.2. The van der Waals surface area contributed by atoms with Crippen LogP contribution in [0.3, 0.4) is 0 Å².